The first-order valence-corrected chi connectivity index (χ1v) is 12.8. The van der Waals surface area contributed by atoms with E-state index in [4.69, 9.17) is 24.7 Å². The second-order valence-electron chi connectivity index (χ2n) is 10.2. The van der Waals surface area contributed by atoms with Crippen molar-refractivity contribution in [2.45, 2.75) is 91.9 Å². The average Bonchev–Trinajstić information content (AvgIpc) is 3.23. The number of amides is 2. The minimum absolute atomic E-state index is 0. The Balaban J connectivity index is -0.000000191. The van der Waals surface area contributed by atoms with Crippen molar-refractivity contribution >= 4 is 22.3 Å². The van der Waals surface area contributed by atoms with Gasteiger partial charge in [0.05, 0.1) is 37.5 Å². The van der Waals surface area contributed by atoms with Gasteiger partial charge in [0.25, 0.3) is 10.1 Å². The maximum atomic E-state index is 11.9. The number of likely N-dealkylation sites (tertiary alicyclic amines) is 2. The van der Waals surface area contributed by atoms with E-state index in [0.717, 1.165) is 6.26 Å². The zero-order chi connectivity index (χ0) is 27.9. The summed E-state index contributed by atoms with van der Waals surface area (Å²) in [6.45, 7) is 10.8. The first-order chi connectivity index (χ1) is 16.3. The van der Waals surface area contributed by atoms with Crippen LogP contribution in [0.1, 0.15) is 56.4 Å². The average molecular weight is 608 g/mol. The molecule has 3 N–H and O–H groups in total. The van der Waals surface area contributed by atoms with Crippen molar-refractivity contribution < 1.29 is 66.6 Å². The van der Waals surface area contributed by atoms with Crippen molar-refractivity contribution in [1.29, 1.82) is 0 Å². The fraction of sp³-hybridized carbons (Fsp3) is 0.905. The van der Waals surface area contributed by atoms with Gasteiger partial charge in [-0.3, -0.25) is 4.18 Å². The van der Waals surface area contributed by atoms with E-state index in [0.29, 0.717) is 0 Å². The Morgan fingerprint density at radius 2 is 1.20 bits per heavy atom. The van der Waals surface area contributed by atoms with Gasteiger partial charge in [-0.25, -0.2) is 9.59 Å². The van der Waals surface area contributed by atoms with E-state index in [9.17, 15) is 23.1 Å². The third kappa shape index (κ3) is 18.6. The molecule has 2 aliphatic heterocycles. The number of hydrogen-bond donors (Lipinski definition) is 1. The summed E-state index contributed by atoms with van der Waals surface area (Å²) in [5.41, 5.74) is 15.5. The van der Waals surface area contributed by atoms with Crippen LogP contribution >= 0.6 is 0 Å². The number of carbonyl (C=O) groups excluding carboxylic acids is 2. The molecule has 0 unspecified atom stereocenters. The minimum atomic E-state index is -3.71. The molecule has 0 aromatic carbocycles. The van der Waals surface area contributed by atoms with Crippen LogP contribution in [0.2, 0.25) is 0 Å². The number of nitrogens with zero attached hydrogens (tertiary/aromatic N) is 8. The largest absolute Gasteiger partial charge is 1.00 e. The number of aliphatic hydroxyl groups excluding tert-OH is 1. The molecule has 20 heteroatoms. The predicted octanol–water partition coefficient (Wildman–Crippen LogP) is 0.460. The van der Waals surface area contributed by atoms with Crippen LogP contribution in [0.25, 0.3) is 20.9 Å². The molecular weight excluding hydrogens is 563 g/mol. The number of rotatable bonds is 4. The van der Waals surface area contributed by atoms with Gasteiger partial charge in [-0.05, 0) is 52.6 Å². The number of β-amino-alcohol motifs (C(OH)–C–C–N with tert-alkyl or cyclic N) is 1. The van der Waals surface area contributed by atoms with Gasteiger partial charge in [-0.2, -0.15) is 8.42 Å². The first kappa shape index (κ1) is 48.3. The van der Waals surface area contributed by atoms with E-state index in [2.05, 4.69) is 20.1 Å². The summed E-state index contributed by atoms with van der Waals surface area (Å²) in [6.07, 6.45) is -1.91. The van der Waals surface area contributed by atoms with Crippen LogP contribution in [0, 0.1) is 0 Å². The summed E-state index contributed by atoms with van der Waals surface area (Å²) in [7, 11) is -3.71. The van der Waals surface area contributed by atoms with Gasteiger partial charge >= 0.3 is 31.0 Å². The number of aliphatic hydroxyl groups is 1. The fourth-order valence-corrected chi connectivity index (χ4v) is 3.79. The van der Waals surface area contributed by atoms with Crippen molar-refractivity contribution in [3.8, 4) is 0 Å². The molecule has 236 valence electrons. The molecule has 2 rings (SSSR count). The molecule has 2 saturated heterocycles. The van der Waals surface area contributed by atoms with Crippen LogP contribution in [-0.4, -0.2) is 114 Å². The van der Waals surface area contributed by atoms with E-state index in [1.807, 2.05) is 0 Å². The number of azide groups is 2. The third-order valence-electron chi connectivity index (χ3n) is 4.50. The first-order valence-electron chi connectivity index (χ1n) is 11.0. The van der Waals surface area contributed by atoms with Gasteiger partial charge in [0.2, 0.25) is 0 Å². The van der Waals surface area contributed by atoms with E-state index < -0.39 is 57.8 Å². The summed E-state index contributed by atoms with van der Waals surface area (Å²) in [6, 6.07) is -1.35. The van der Waals surface area contributed by atoms with Gasteiger partial charge in [0.1, 0.15) is 17.3 Å². The van der Waals surface area contributed by atoms with E-state index in [-0.39, 0.29) is 70.8 Å². The predicted molar refractivity (Wildman–Crippen MR) is 145 cm³/mol. The summed E-state index contributed by atoms with van der Waals surface area (Å²) in [5, 5.41) is 16.4. The molecule has 2 heterocycles. The Morgan fingerprint density at radius 3 is 1.56 bits per heavy atom. The second kappa shape index (κ2) is 19.6. The molecule has 18 nitrogen and oxygen atoms in total. The van der Waals surface area contributed by atoms with Crippen LogP contribution in [0.5, 0.6) is 0 Å². The molecule has 0 aliphatic carbocycles. The van der Waals surface area contributed by atoms with E-state index >= 15 is 0 Å². The Bertz CT molecular complexity index is 1010. The number of ether oxygens (including phenoxy) is 2. The Morgan fingerprint density at radius 1 is 0.829 bits per heavy atom. The molecule has 0 spiro atoms. The van der Waals surface area contributed by atoms with Gasteiger partial charge < -0.3 is 35.3 Å². The minimum Gasteiger partial charge on any atom is -0.870 e. The SMILES string of the molecule is C.C.CC(C)(C)OC(=O)N1C[C@@H](O)[C@@H](N=[N+]=[N-])C1.CC(C)(C)OC(=O)N1C[C@H](N=[N+]=[N-])[C@@H](OS(C)(=O)=O)C1.[Li+].[OH-].[OH-]. The van der Waals surface area contributed by atoms with Crippen LogP contribution in [0.3, 0.4) is 0 Å². The molecule has 0 aromatic heterocycles. The van der Waals surface area contributed by atoms with Crippen LogP contribution in [0.15, 0.2) is 10.2 Å². The monoisotopic (exact) mass is 607 g/mol. The van der Waals surface area contributed by atoms with Crippen LogP contribution in [-0.2, 0) is 23.8 Å². The summed E-state index contributed by atoms with van der Waals surface area (Å²) in [4.78, 5) is 31.4. The zero-order valence-electron chi connectivity index (χ0n) is 23.3. The normalized spacial score (nSPS) is 21.2. The quantitative estimate of drug-likeness (QED) is 0.151. The number of carbonyl (C=O) groups is 2. The maximum absolute atomic E-state index is 11.9. The van der Waals surface area contributed by atoms with Crippen molar-refractivity contribution in [3.05, 3.63) is 20.9 Å². The molecular formula is C21H44LiN8O10S-. The summed E-state index contributed by atoms with van der Waals surface area (Å²) < 4.78 is 37.4. The van der Waals surface area contributed by atoms with Gasteiger partial charge in [0.15, 0.2) is 0 Å². The van der Waals surface area contributed by atoms with Crippen molar-refractivity contribution in [2.24, 2.45) is 10.2 Å². The molecule has 2 amide bonds. The maximum Gasteiger partial charge on any atom is 1.00 e. The van der Waals surface area contributed by atoms with Gasteiger partial charge in [-0.15, -0.1) is 0 Å². The second-order valence-corrected chi connectivity index (χ2v) is 11.8. The molecule has 2 fully saturated rings. The Labute approximate surface area is 253 Å². The molecule has 41 heavy (non-hydrogen) atoms. The van der Waals surface area contributed by atoms with Crippen molar-refractivity contribution in [2.75, 3.05) is 32.4 Å². The van der Waals surface area contributed by atoms with E-state index in [1.165, 1.54) is 9.80 Å². The Hall–Kier alpha value is -2.45. The van der Waals surface area contributed by atoms with Gasteiger partial charge in [0, 0.05) is 22.9 Å². The van der Waals surface area contributed by atoms with E-state index in [1.54, 1.807) is 41.5 Å². The standard InChI is InChI=1S/C10H18N4O5S.C9H16N4O3.2CH4.Li.2H2O/c1-10(2,3)18-9(15)14-5-7(12-13-11)8(6-14)19-20(4,16)17;1-9(2,3)16-8(15)13-4-6(11-12-10)7(14)5-13;;;;;/h7-8H,5-6H2,1-4H3;6-7,14H,4-5H2,1-3H3;2*1H4;;2*1H2/q;;;;+1;;/p-2/t7-,8-;6-,7+;;;;;/m00...../s1. The topological polar surface area (TPSA) is 280 Å². The van der Waals surface area contributed by atoms with Crippen LogP contribution in [0.4, 0.5) is 9.59 Å². The summed E-state index contributed by atoms with van der Waals surface area (Å²) in [5.74, 6) is 0. The molecule has 0 bridgehead atoms. The molecule has 2 aliphatic rings. The zero-order valence-corrected chi connectivity index (χ0v) is 24.1. The number of hydrogen-bond acceptors (Lipinski definition) is 12. The van der Waals surface area contributed by atoms with Crippen molar-refractivity contribution in [3.63, 3.8) is 0 Å². The van der Waals surface area contributed by atoms with Crippen LogP contribution < -0.4 is 18.9 Å². The van der Waals surface area contributed by atoms with Crippen molar-refractivity contribution in [1.82, 2.24) is 9.80 Å². The smallest absolute Gasteiger partial charge is 0.870 e. The molecule has 0 saturated carbocycles. The molecule has 0 aromatic rings. The molecule has 0 radical (unpaired) electrons. The fourth-order valence-electron chi connectivity index (χ4n) is 3.15. The third-order valence-corrected chi connectivity index (χ3v) is 5.09. The van der Waals surface area contributed by atoms with Gasteiger partial charge in [-0.1, -0.05) is 25.1 Å². The summed E-state index contributed by atoms with van der Waals surface area (Å²) >= 11 is 0. The molecule has 4 atom stereocenters. The Kier molecular flexibility index (Phi) is 23.1.